The number of rotatable bonds is 5. The van der Waals surface area contributed by atoms with E-state index in [1.165, 1.54) is 11.0 Å². The topological polar surface area (TPSA) is 125 Å². The molecule has 1 aliphatic heterocycles. The molecule has 3 atom stereocenters. The number of amides is 2. The quantitative estimate of drug-likeness (QED) is 0.762. The summed E-state index contributed by atoms with van der Waals surface area (Å²) in [6, 6.07) is 7.00. The van der Waals surface area contributed by atoms with Crippen LogP contribution in [0, 0.1) is 5.92 Å². The molecule has 2 aliphatic rings. The van der Waals surface area contributed by atoms with Gasteiger partial charge in [0, 0.05) is 12.5 Å². The maximum absolute atomic E-state index is 12.8. The van der Waals surface area contributed by atoms with Gasteiger partial charge in [-0.15, -0.1) is 5.10 Å². The molecule has 2 fully saturated rings. The summed E-state index contributed by atoms with van der Waals surface area (Å²) >= 11 is 0. The molecule has 2 heterocycles. The van der Waals surface area contributed by atoms with Crippen molar-refractivity contribution in [2.75, 3.05) is 19.8 Å². The second-order valence-electron chi connectivity index (χ2n) is 7.01. The summed E-state index contributed by atoms with van der Waals surface area (Å²) in [6.45, 7) is 0.913. The first-order valence-corrected chi connectivity index (χ1v) is 9.28. The number of hydrogen-bond donors (Lipinski definition) is 1. The molecule has 28 heavy (non-hydrogen) atoms. The Kier molecular flexibility index (Phi) is 5.20. The van der Waals surface area contributed by atoms with Gasteiger partial charge in [0.15, 0.2) is 6.61 Å². The molecular weight excluding hydrogens is 364 g/mol. The van der Waals surface area contributed by atoms with Crippen molar-refractivity contribution >= 4 is 11.8 Å². The van der Waals surface area contributed by atoms with E-state index in [-0.39, 0.29) is 36.5 Å². The van der Waals surface area contributed by atoms with E-state index in [1.54, 1.807) is 29.2 Å². The predicted molar refractivity (Wildman–Crippen MR) is 96.4 cm³/mol. The van der Waals surface area contributed by atoms with Crippen LogP contribution in [0.15, 0.2) is 30.6 Å². The van der Waals surface area contributed by atoms with Crippen LogP contribution in [0.5, 0.6) is 5.75 Å². The number of aromatic nitrogens is 4. The molecule has 4 rings (SSSR count). The van der Waals surface area contributed by atoms with Crippen LogP contribution < -0.4 is 10.5 Å². The molecule has 0 spiro atoms. The highest BCUT2D eigenvalue weighted by atomic mass is 16.5. The maximum Gasteiger partial charge on any atom is 0.260 e. The van der Waals surface area contributed by atoms with Gasteiger partial charge in [0.2, 0.25) is 5.91 Å². The Balaban J connectivity index is 1.36. The maximum atomic E-state index is 12.8. The summed E-state index contributed by atoms with van der Waals surface area (Å²) in [4.78, 5) is 26.1. The van der Waals surface area contributed by atoms with Crippen LogP contribution in [0.4, 0.5) is 0 Å². The van der Waals surface area contributed by atoms with Gasteiger partial charge in [-0.1, -0.05) is 0 Å². The van der Waals surface area contributed by atoms with E-state index in [0.29, 0.717) is 31.7 Å². The summed E-state index contributed by atoms with van der Waals surface area (Å²) < 4.78 is 13.0. The summed E-state index contributed by atoms with van der Waals surface area (Å²) in [6.07, 6.45) is 3.46. The lowest BCUT2D eigenvalue weighted by atomic mass is 9.82. The van der Waals surface area contributed by atoms with E-state index in [1.807, 2.05) is 0 Å². The number of benzene rings is 1. The Hall–Kier alpha value is -3.01. The molecule has 0 radical (unpaired) electrons. The van der Waals surface area contributed by atoms with Gasteiger partial charge in [-0.05, 0) is 54.0 Å². The van der Waals surface area contributed by atoms with Gasteiger partial charge in [0.1, 0.15) is 12.1 Å². The fourth-order valence-electron chi connectivity index (χ4n) is 3.88. The number of fused-ring (bicyclic) bond motifs is 1. The number of ether oxygens (including phenoxy) is 2. The van der Waals surface area contributed by atoms with Crippen molar-refractivity contribution in [3.63, 3.8) is 0 Å². The summed E-state index contributed by atoms with van der Waals surface area (Å²) in [5.74, 6) is -0.0602. The van der Waals surface area contributed by atoms with Crippen LogP contribution in [-0.4, -0.2) is 68.8 Å². The van der Waals surface area contributed by atoms with E-state index in [2.05, 4.69) is 15.5 Å². The number of hydrogen-bond acceptors (Lipinski definition) is 7. The highest BCUT2D eigenvalue weighted by Gasteiger charge is 2.41. The summed E-state index contributed by atoms with van der Waals surface area (Å²) in [5, 5.41) is 11.0. The van der Waals surface area contributed by atoms with Crippen molar-refractivity contribution in [1.82, 2.24) is 25.1 Å². The second-order valence-corrected chi connectivity index (χ2v) is 7.01. The molecule has 2 N–H and O–H groups in total. The molecule has 1 aromatic heterocycles. The number of tetrazole rings is 1. The lowest BCUT2D eigenvalue weighted by molar-refractivity contribution is -0.155. The van der Waals surface area contributed by atoms with Gasteiger partial charge in [-0.3, -0.25) is 9.59 Å². The fourth-order valence-corrected chi connectivity index (χ4v) is 3.88. The van der Waals surface area contributed by atoms with E-state index in [4.69, 9.17) is 15.2 Å². The molecule has 2 aromatic rings. The van der Waals surface area contributed by atoms with E-state index < -0.39 is 0 Å². The summed E-state index contributed by atoms with van der Waals surface area (Å²) in [5.41, 5.74) is 6.26. The molecule has 0 unspecified atom stereocenters. The van der Waals surface area contributed by atoms with E-state index >= 15 is 0 Å². The van der Waals surface area contributed by atoms with Crippen LogP contribution >= 0.6 is 0 Å². The zero-order chi connectivity index (χ0) is 19.5. The van der Waals surface area contributed by atoms with Gasteiger partial charge in [-0.25, -0.2) is 4.68 Å². The number of primary amides is 1. The first kappa shape index (κ1) is 18.4. The van der Waals surface area contributed by atoms with E-state index in [9.17, 15) is 9.59 Å². The average Bonchev–Trinajstić information content (AvgIpc) is 3.26. The largest absolute Gasteiger partial charge is 0.484 e. The Morgan fingerprint density at radius 2 is 2.07 bits per heavy atom. The van der Waals surface area contributed by atoms with Gasteiger partial charge in [0.05, 0.1) is 24.4 Å². The van der Waals surface area contributed by atoms with Crippen LogP contribution in [0.2, 0.25) is 0 Å². The summed E-state index contributed by atoms with van der Waals surface area (Å²) in [7, 11) is 0. The number of nitrogens with two attached hydrogens (primary N) is 1. The van der Waals surface area contributed by atoms with Crippen LogP contribution in [0.3, 0.4) is 0 Å². The molecule has 0 bridgehead atoms. The monoisotopic (exact) mass is 386 g/mol. The van der Waals surface area contributed by atoms with Crippen molar-refractivity contribution in [3.05, 3.63) is 30.6 Å². The minimum atomic E-state index is -0.310. The molecule has 1 aliphatic carbocycles. The van der Waals surface area contributed by atoms with Crippen molar-refractivity contribution < 1.29 is 19.1 Å². The third kappa shape index (κ3) is 3.81. The van der Waals surface area contributed by atoms with Gasteiger partial charge in [-0.2, -0.15) is 0 Å². The second kappa shape index (κ2) is 7.93. The fraction of sp³-hybridized carbons (Fsp3) is 0.500. The smallest absolute Gasteiger partial charge is 0.260 e. The lowest BCUT2D eigenvalue weighted by Crippen LogP contribution is -2.57. The van der Waals surface area contributed by atoms with Crippen molar-refractivity contribution in [2.24, 2.45) is 11.7 Å². The van der Waals surface area contributed by atoms with E-state index in [0.717, 1.165) is 12.1 Å². The molecule has 1 saturated heterocycles. The molecule has 10 heteroatoms. The predicted octanol–water partition coefficient (Wildman–Crippen LogP) is -0.0775. The first-order valence-electron chi connectivity index (χ1n) is 9.28. The molecule has 1 aromatic carbocycles. The van der Waals surface area contributed by atoms with Gasteiger partial charge in [0.25, 0.3) is 5.91 Å². The normalized spacial score (nSPS) is 24.4. The van der Waals surface area contributed by atoms with Crippen LogP contribution in [0.25, 0.3) is 5.69 Å². The standard InChI is InChI=1S/C18H22N6O4/c19-18(26)12-1-6-16-15(9-12)23(7-8-27-16)17(25)10-28-14-4-2-13(3-5-14)24-11-20-21-22-24/h2-5,11-12,15-16H,1,6-10H2,(H2,19,26)/t12-,15+,16+/m0/s1. The first-order chi connectivity index (χ1) is 13.6. The zero-order valence-corrected chi connectivity index (χ0v) is 15.3. The SMILES string of the molecule is NC(=O)[C@H]1CC[C@H]2OCCN(C(=O)COc3ccc(-n4cnnn4)cc3)[C@@H]2C1. The number of nitrogens with zero attached hydrogens (tertiary/aromatic N) is 5. The molecule has 2 amide bonds. The van der Waals surface area contributed by atoms with Gasteiger partial charge < -0.3 is 20.1 Å². The highest BCUT2D eigenvalue weighted by Crippen LogP contribution is 2.32. The third-order valence-corrected chi connectivity index (χ3v) is 5.35. The van der Waals surface area contributed by atoms with Crippen LogP contribution in [0.1, 0.15) is 19.3 Å². The highest BCUT2D eigenvalue weighted by molar-refractivity contribution is 5.79. The minimum absolute atomic E-state index is 0.0381. The Morgan fingerprint density at radius 1 is 1.25 bits per heavy atom. The van der Waals surface area contributed by atoms with Crippen LogP contribution in [-0.2, 0) is 14.3 Å². The van der Waals surface area contributed by atoms with Crippen molar-refractivity contribution in [3.8, 4) is 11.4 Å². The molecular formula is C18H22N6O4. The molecule has 148 valence electrons. The van der Waals surface area contributed by atoms with Gasteiger partial charge >= 0.3 is 0 Å². The average molecular weight is 386 g/mol. The third-order valence-electron chi connectivity index (χ3n) is 5.35. The lowest BCUT2D eigenvalue weighted by Gasteiger charge is -2.45. The Morgan fingerprint density at radius 3 is 2.79 bits per heavy atom. The van der Waals surface area contributed by atoms with Crippen molar-refractivity contribution in [2.45, 2.75) is 31.4 Å². The molecule has 1 saturated carbocycles. The zero-order valence-electron chi connectivity index (χ0n) is 15.3. The molecule has 10 nitrogen and oxygen atoms in total. The van der Waals surface area contributed by atoms with Crippen molar-refractivity contribution in [1.29, 1.82) is 0 Å². The Labute approximate surface area is 161 Å². The number of carbonyl (C=O) groups excluding carboxylic acids is 2. The Bertz CT molecular complexity index is 825. The number of carbonyl (C=O) groups is 2. The minimum Gasteiger partial charge on any atom is -0.484 e. The number of morpholine rings is 1.